The Bertz CT molecular complexity index is 184. The van der Waals surface area contributed by atoms with E-state index >= 15 is 0 Å². The number of hydrogen-bond donors (Lipinski definition) is 0. The maximum Gasteiger partial charge on any atom is 0.508 e. The summed E-state index contributed by atoms with van der Waals surface area (Å²) >= 11 is 0. The van der Waals surface area contributed by atoms with Crippen molar-refractivity contribution in [1.82, 2.24) is 0 Å². The van der Waals surface area contributed by atoms with E-state index in [1.165, 1.54) is 0 Å². The molecule has 0 atom stereocenters. The lowest BCUT2D eigenvalue weighted by Crippen LogP contribution is -2.33. The second kappa shape index (κ2) is 5.66. The minimum Gasteiger partial charge on any atom is -0.434 e. The van der Waals surface area contributed by atoms with Gasteiger partial charge in [0.2, 0.25) is 0 Å². The fourth-order valence-corrected chi connectivity index (χ4v) is 0.445. The van der Waals surface area contributed by atoms with Crippen molar-refractivity contribution in [2.75, 3.05) is 13.2 Å². The van der Waals surface area contributed by atoms with Crippen LogP contribution in [0.25, 0.3) is 0 Å². The first-order chi connectivity index (χ1) is 6.40. The maximum atomic E-state index is 12.1. The van der Waals surface area contributed by atoms with Crippen molar-refractivity contribution in [2.45, 2.75) is 25.7 Å². The van der Waals surface area contributed by atoms with Crippen molar-refractivity contribution >= 4 is 6.16 Å². The summed E-state index contributed by atoms with van der Waals surface area (Å²) in [5.74, 6) is -4.33. The molecule has 0 heterocycles. The number of rotatable bonds is 5. The van der Waals surface area contributed by atoms with Crippen LogP contribution in [-0.4, -0.2) is 31.7 Å². The van der Waals surface area contributed by atoms with Crippen LogP contribution < -0.4 is 0 Å². The van der Waals surface area contributed by atoms with Crippen molar-refractivity contribution in [3.8, 4) is 0 Å². The fraction of sp³-hybridized carbons (Fsp3) is 0.857. The van der Waals surface area contributed by atoms with E-state index in [2.05, 4.69) is 9.47 Å². The molecule has 0 aliphatic carbocycles. The van der Waals surface area contributed by atoms with Crippen LogP contribution in [0.15, 0.2) is 0 Å². The number of ether oxygens (including phenoxy) is 2. The summed E-state index contributed by atoms with van der Waals surface area (Å²) in [6, 6.07) is 0. The molecule has 14 heavy (non-hydrogen) atoms. The molecule has 3 nitrogen and oxygen atoms in total. The molecule has 0 spiro atoms. The highest BCUT2D eigenvalue weighted by Crippen LogP contribution is 2.22. The minimum atomic E-state index is -4.33. The van der Waals surface area contributed by atoms with Crippen LogP contribution in [0.4, 0.5) is 22.4 Å². The first-order valence-electron chi connectivity index (χ1n) is 3.85. The van der Waals surface area contributed by atoms with Crippen LogP contribution in [0.5, 0.6) is 0 Å². The van der Waals surface area contributed by atoms with Crippen LogP contribution in [0.3, 0.4) is 0 Å². The molecule has 0 rings (SSSR count). The Labute approximate surface area is 78.0 Å². The summed E-state index contributed by atoms with van der Waals surface area (Å²) in [5, 5.41) is 0. The molecule has 0 aliphatic rings. The van der Waals surface area contributed by atoms with Gasteiger partial charge >= 0.3 is 18.5 Å². The molecule has 7 heteroatoms. The molecule has 0 aliphatic heterocycles. The van der Waals surface area contributed by atoms with Gasteiger partial charge in [0.05, 0.1) is 6.61 Å². The van der Waals surface area contributed by atoms with Gasteiger partial charge in [-0.15, -0.1) is 0 Å². The molecule has 0 N–H and O–H groups in total. The Balaban J connectivity index is 3.76. The molecule has 0 saturated heterocycles. The minimum absolute atomic E-state index is 0.000909. The molecular weight excluding hydrogens is 208 g/mol. The van der Waals surface area contributed by atoms with Crippen LogP contribution in [0.1, 0.15) is 13.3 Å². The Morgan fingerprint density at radius 1 is 1.36 bits per heavy atom. The molecular formula is C7H10F4O3. The lowest BCUT2D eigenvalue weighted by Gasteiger charge is -2.14. The highest BCUT2D eigenvalue weighted by Gasteiger charge is 2.42. The van der Waals surface area contributed by atoms with Crippen LogP contribution >= 0.6 is 0 Å². The SMILES string of the molecule is CCCOC(=O)OCC(F)(F)C(F)F. The second-order valence-corrected chi connectivity index (χ2v) is 2.45. The highest BCUT2D eigenvalue weighted by molar-refractivity contribution is 5.59. The first-order valence-corrected chi connectivity index (χ1v) is 3.85. The quantitative estimate of drug-likeness (QED) is 0.525. The van der Waals surface area contributed by atoms with E-state index in [4.69, 9.17) is 0 Å². The molecule has 0 radical (unpaired) electrons. The van der Waals surface area contributed by atoms with Gasteiger partial charge in [-0.2, -0.15) is 8.78 Å². The van der Waals surface area contributed by atoms with Gasteiger partial charge in [0.15, 0.2) is 6.61 Å². The zero-order chi connectivity index (χ0) is 11.2. The molecule has 0 aromatic rings. The van der Waals surface area contributed by atoms with Crippen molar-refractivity contribution in [3.63, 3.8) is 0 Å². The van der Waals surface area contributed by atoms with Crippen molar-refractivity contribution in [3.05, 3.63) is 0 Å². The lowest BCUT2D eigenvalue weighted by atomic mass is 10.4. The van der Waals surface area contributed by atoms with Crippen LogP contribution in [0.2, 0.25) is 0 Å². The molecule has 0 aromatic carbocycles. The van der Waals surface area contributed by atoms with Gasteiger partial charge in [0.25, 0.3) is 0 Å². The largest absolute Gasteiger partial charge is 0.508 e. The molecule has 0 amide bonds. The van der Waals surface area contributed by atoms with Gasteiger partial charge in [0, 0.05) is 0 Å². The predicted octanol–water partition coefficient (Wildman–Crippen LogP) is 2.45. The summed E-state index contributed by atoms with van der Waals surface area (Å²) in [5.41, 5.74) is 0. The third-order valence-corrected chi connectivity index (χ3v) is 1.13. The van der Waals surface area contributed by atoms with E-state index in [0.717, 1.165) is 0 Å². The van der Waals surface area contributed by atoms with Gasteiger partial charge in [-0.1, -0.05) is 6.92 Å². The smallest absolute Gasteiger partial charge is 0.434 e. The number of hydrogen-bond acceptors (Lipinski definition) is 3. The molecule has 0 fully saturated rings. The average molecular weight is 218 g/mol. The fourth-order valence-electron chi connectivity index (χ4n) is 0.445. The number of carbonyl (C=O) groups excluding carboxylic acids is 1. The zero-order valence-electron chi connectivity index (χ0n) is 7.44. The molecule has 84 valence electrons. The van der Waals surface area contributed by atoms with E-state index in [1.54, 1.807) is 6.92 Å². The van der Waals surface area contributed by atoms with E-state index in [-0.39, 0.29) is 6.61 Å². The maximum absolute atomic E-state index is 12.1. The summed E-state index contributed by atoms with van der Waals surface area (Å²) in [4.78, 5) is 10.4. The first kappa shape index (κ1) is 13.0. The van der Waals surface area contributed by atoms with E-state index in [0.29, 0.717) is 6.42 Å². The predicted molar refractivity (Wildman–Crippen MR) is 38.5 cm³/mol. The Kier molecular flexibility index (Phi) is 5.26. The normalized spacial score (nSPS) is 11.6. The molecule has 0 unspecified atom stereocenters. The van der Waals surface area contributed by atoms with Crippen LogP contribution in [0, 0.1) is 0 Å². The van der Waals surface area contributed by atoms with E-state index < -0.39 is 25.1 Å². The summed E-state index contributed by atoms with van der Waals surface area (Å²) in [6.07, 6.45) is -4.74. The zero-order valence-corrected chi connectivity index (χ0v) is 7.44. The monoisotopic (exact) mass is 218 g/mol. The summed E-state index contributed by atoms with van der Waals surface area (Å²) in [6.45, 7) is 0.00728. The molecule has 0 saturated carbocycles. The Hall–Kier alpha value is -1.01. The molecule has 0 aromatic heterocycles. The van der Waals surface area contributed by atoms with Crippen molar-refractivity contribution in [1.29, 1.82) is 0 Å². The number of carbonyl (C=O) groups is 1. The standard InChI is InChI=1S/C7H10F4O3/c1-2-3-13-6(12)14-4-7(10,11)5(8)9/h5H,2-4H2,1H3. The molecule has 0 bridgehead atoms. The van der Waals surface area contributed by atoms with E-state index in [1.807, 2.05) is 0 Å². The van der Waals surface area contributed by atoms with Crippen LogP contribution in [-0.2, 0) is 9.47 Å². The van der Waals surface area contributed by atoms with Gasteiger partial charge in [-0.05, 0) is 6.42 Å². The summed E-state index contributed by atoms with van der Waals surface area (Å²) < 4.78 is 55.4. The Morgan fingerprint density at radius 3 is 2.36 bits per heavy atom. The third kappa shape index (κ3) is 4.88. The topological polar surface area (TPSA) is 35.5 Å². The van der Waals surface area contributed by atoms with Crippen molar-refractivity contribution in [2.24, 2.45) is 0 Å². The van der Waals surface area contributed by atoms with Gasteiger partial charge in [-0.25, -0.2) is 13.6 Å². The number of alkyl halides is 4. The lowest BCUT2D eigenvalue weighted by molar-refractivity contribution is -0.158. The second-order valence-electron chi connectivity index (χ2n) is 2.45. The van der Waals surface area contributed by atoms with Gasteiger partial charge in [-0.3, -0.25) is 0 Å². The highest BCUT2D eigenvalue weighted by atomic mass is 19.3. The van der Waals surface area contributed by atoms with Gasteiger partial charge < -0.3 is 9.47 Å². The number of halogens is 4. The van der Waals surface area contributed by atoms with Crippen molar-refractivity contribution < 1.29 is 31.8 Å². The summed E-state index contributed by atoms with van der Waals surface area (Å²) in [7, 11) is 0. The van der Waals surface area contributed by atoms with E-state index in [9.17, 15) is 22.4 Å². The third-order valence-electron chi connectivity index (χ3n) is 1.13. The average Bonchev–Trinajstić information content (AvgIpc) is 2.11. The van der Waals surface area contributed by atoms with Gasteiger partial charge in [0.1, 0.15) is 0 Å². The Morgan fingerprint density at radius 2 is 1.93 bits per heavy atom.